The van der Waals surface area contributed by atoms with E-state index in [1.165, 1.54) is 18.6 Å². The summed E-state index contributed by atoms with van der Waals surface area (Å²) in [4.78, 5) is 4.54. The third-order valence-electron chi connectivity index (χ3n) is 2.51. The van der Waals surface area contributed by atoms with Gasteiger partial charge in [-0.15, -0.1) is 0 Å². The van der Waals surface area contributed by atoms with E-state index in [0.29, 0.717) is 5.92 Å². The van der Waals surface area contributed by atoms with Gasteiger partial charge in [0.25, 0.3) is 0 Å². The van der Waals surface area contributed by atoms with Gasteiger partial charge in [0.05, 0.1) is 13.2 Å². The Bertz CT molecular complexity index is 227. The summed E-state index contributed by atoms with van der Waals surface area (Å²) < 4.78 is 5.53. The zero-order chi connectivity index (χ0) is 11.1. The van der Waals surface area contributed by atoms with Gasteiger partial charge in [-0.1, -0.05) is 19.9 Å². The second kappa shape index (κ2) is 6.78. The Morgan fingerprint density at radius 3 is 2.73 bits per heavy atom. The lowest BCUT2D eigenvalue weighted by atomic mass is 10.1. The Kier molecular flexibility index (Phi) is 5.62. The summed E-state index contributed by atoms with van der Waals surface area (Å²) in [7, 11) is 0. The third kappa shape index (κ3) is 5.73. The molecule has 0 heterocycles. The van der Waals surface area contributed by atoms with Crippen molar-refractivity contribution in [3.8, 4) is 0 Å². The zero-order valence-electron chi connectivity index (χ0n) is 10.2. The standard InChI is InChI=1S/C13H23NO/c1-4-5-13(11(2)3)14-8-9-15-10-12-6-7-12/h4-5,11-12H,6-10H2,1-3H3. The first-order chi connectivity index (χ1) is 7.24. The van der Waals surface area contributed by atoms with Crippen LogP contribution < -0.4 is 0 Å². The highest BCUT2D eigenvalue weighted by molar-refractivity contribution is 5.96. The van der Waals surface area contributed by atoms with E-state index in [4.69, 9.17) is 4.74 Å². The molecule has 0 spiro atoms. The molecule has 1 rings (SSSR count). The maximum atomic E-state index is 5.53. The first kappa shape index (κ1) is 12.4. The van der Waals surface area contributed by atoms with Gasteiger partial charge < -0.3 is 4.74 Å². The fourth-order valence-corrected chi connectivity index (χ4v) is 1.37. The Morgan fingerprint density at radius 2 is 2.20 bits per heavy atom. The number of hydrogen-bond donors (Lipinski definition) is 0. The number of ether oxygens (including phenoxy) is 1. The molecule has 2 nitrogen and oxygen atoms in total. The Morgan fingerprint density at radius 1 is 1.47 bits per heavy atom. The van der Waals surface area contributed by atoms with Crippen molar-refractivity contribution < 1.29 is 4.74 Å². The largest absolute Gasteiger partial charge is 0.379 e. The predicted molar refractivity (Wildman–Crippen MR) is 65.5 cm³/mol. The molecule has 0 N–H and O–H groups in total. The summed E-state index contributed by atoms with van der Waals surface area (Å²) in [6, 6.07) is 0. The van der Waals surface area contributed by atoms with E-state index in [-0.39, 0.29) is 0 Å². The number of allylic oxidation sites excluding steroid dienone is 2. The van der Waals surface area contributed by atoms with Crippen LogP contribution in [0.5, 0.6) is 0 Å². The second-order valence-corrected chi connectivity index (χ2v) is 4.48. The van der Waals surface area contributed by atoms with Crippen molar-refractivity contribution in [3.63, 3.8) is 0 Å². The summed E-state index contributed by atoms with van der Waals surface area (Å²) in [6.45, 7) is 8.88. The quantitative estimate of drug-likeness (QED) is 0.466. The normalized spacial score (nSPS) is 18.0. The van der Waals surface area contributed by atoms with Gasteiger partial charge in [-0.2, -0.15) is 0 Å². The monoisotopic (exact) mass is 209 g/mol. The van der Waals surface area contributed by atoms with Gasteiger partial charge in [0.2, 0.25) is 0 Å². The lowest BCUT2D eigenvalue weighted by molar-refractivity contribution is 0.132. The molecule has 2 heteroatoms. The third-order valence-corrected chi connectivity index (χ3v) is 2.51. The summed E-state index contributed by atoms with van der Waals surface area (Å²) in [5.41, 5.74) is 1.17. The number of rotatable bonds is 7. The molecular formula is C13H23NO. The molecule has 0 aliphatic heterocycles. The summed E-state index contributed by atoms with van der Waals surface area (Å²) in [5, 5.41) is 0. The minimum atomic E-state index is 0.504. The first-order valence-electron chi connectivity index (χ1n) is 5.98. The maximum absolute atomic E-state index is 5.53. The van der Waals surface area contributed by atoms with Crippen LogP contribution in [0.15, 0.2) is 17.1 Å². The predicted octanol–water partition coefficient (Wildman–Crippen LogP) is 3.09. The van der Waals surface area contributed by atoms with Crippen molar-refractivity contribution in [2.24, 2.45) is 16.8 Å². The van der Waals surface area contributed by atoms with Crippen LogP contribution in [0.4, 0.5) is 0 Å². The molecule has 15 heavy (non-hydrogen) atoms. The van der Waals surface area contributed by atoms with Crippen molar-refractivity contribution in [3.05, 3.63) is 12.2 Å². The molecule has 0 atom stereocenters. The summed E-state index contributed by atoms with van der Waals surface area (Å²) >= 11 is 0. The molecule has 0 amide bonds. The highest BCUT2D eigenvalue weighted by Gasteiger charge is 2.20. The lowest BCUT2D eigenvalue weighted by Gasteiger charge is -2.05. The Labute approximate surface area is 93.4 Å². The van der Waals surface area contributed by atoms with Gasteiger partial charge in [0, 0.05) is 12.3 Å². The molecular weight excluding hydrogens is 186 g/mol. The molecule has 0 radical (unpaired) electrons. The van der Waals surface area contributed by atoms with E-state index >= 15 is 0 Å². The van der Waals surface area contributed by atoms with E-state index in [1.54, 1.807) is 0 Å². The van der Waals surface area contributed by atoms with Crippen LogP contribution in [-0.2, 0) is 4.74 Å². The van der Waals surface area contributed by atoms with E-state index in [1.807, 2.05) is 13.0 Å². The van der Waals surface area contributed by atoms with Gasteiger partial charge >= 0.3 is 0 Å². The van der Waals surface area contributed by atoms with Crippen LogP contribution in [0.25, 0.3) is 0 Å². The molecule has 0 saturated heterocycles. The second-order valence-electron chi connectivity index (χ2n) is 4.48. The van der Waals surface area contributed by atoms with Crippen molar-refractivity contribution >= 4 is 5.71 Å². The molecule has 1 fully saturated rings. The van der Waals surface area contributed by atoms with Crippen LogP contribution in [0.2, 0.25) is 0 Å². The average Bonchev–Trinajstić information content (AvgIpc) is 2.99. The van der Waals surface area contributed by atoms with Crippen LogP contribution in [0.1, 0.15) is 33.6 Å². The molecule has 0 bridgehead atoms. The lowest BCUT2D eigenvalue weighted by Crippen LogP contribution is -2.08. The number of hydrogen-bond acceptors (Lipinski definition) is 2. The van der Waals surface area contributed by atoms with Gasteiger partial charge in [-0.25, -0.2) is 0 Å². The average molecular weight is 209 g/mol. The first-order valence-corrected chi connectivity index (χ1v) is 5.98. The van der Waals surface area contributed by atoms with Gasteiger partial charge in [0.15, 0.2) is 0 Å². The van der Waals surface area contributed by atoms with Gasteiger partial charge in [-0.3, -0.25) is 4.99 Å². The van der Waals surface area contributed by atoms with E-state index in [9.17, 15) is 0 Å². The molecule has 1 aliphatic rings. The molecule has 0 aromatic carbocycles. The van der Waals surface area contributed by atoms with E-state index in [2.05, 4.69) is 24.9 Å². The van der Waals surface area contributed by atoms with Crippen molar-refractivity contribution in [2.45, 2.75) is 33.6 Å². The number of aliphatic imine (C=N–C) groups is 1. The highest BCUT2D eigenvalue weighted by atomic mass is 16.5. The van der Waals surface area contributed by atoms with Gasteiger partial charge in [0.1, 0.15) is 0 Å². The molecule has 0 unspecified atom stereocenters. The molecule has 1 aliphatic carbocycles. The minimum Gasteiger partial charge on any atom is -0.379 e. The van der Waals surface area contributed by atoms with Crippen LogP contribution in [0, 0.1) is 11.8 Å². The fourth-order valence-electron chi connectivity index (χ4n) is 1.37. The van der Waals surface area contributed by atoms with Crippen molar-refractivity contribution in [1.29, 1.82) is 0 Å². The minimum absolute atomic E-state index is 0.504. The van der Waals surface area contributed by atoms with Crippen LogP contribution in [0.3, 0.4) is 0 Å². The Balaban J connectivity index is 2.14. The van der Waals surface area contributed by atoms with E-state index < -0.39 is 0 Å². The van der Waals surface area contributed by atoms with Crippen molar-refractivity contribution in [1.82, 2.24) is 0 Å². The number of nitrogens with zero attached hydrogens (tertiary/aromatic N) is 1. The molecule has 1 saturated carbocycles. The fraction of sp³-hybridized carbons (Fsp3) is 0.769. The summed E-state index contributed by atoms with van der Waals surface area (Å²) in [6.07, 6.45) is 6.85. The van der Waals surface area contributed by atoms with E-state index in [0.717, 1.165) is 25.7 Å². The maximum Gasteiger partial charge on any atom is 0.0662 e. The zero-order valence-corrected chi connectivity index (χ0v) is 10.2. The van der Waals surface area contributed by atoms with Gasteiger partial charge in [-0.05, 0) is 37.7 Å². The smallest absolute Gasteiger partial charge is 0.0662 e. The molecule has 0 aromatic heterocycles. The SMILES string of the molecule is CC=CC(=NCCOCC1CC1)C(C)C. The van der Waals surface area contributed by atoms with Crippen LogP contribution >= 0.6 is 0 Å². The molecule has 86 valence electrons. The van der Waals surface area contributed by atoms with Crippen LogP contribution in [-0.4, -0.2) is 25.5 Å². The topological polar surface area (TPSA) is 21.6 Å². The highest BCUT2D eigenvalue weighted by Crippen LogP contribution is 2.28. The van der Waals surface area contributed by atoms with Crippen molar-refractivity contribution in [2.75, 3.05) is 19.8 Å². The summed E-state index contributed by atoms with van der Waals surface area (Å²) in [5.74, 6) is 1.36. The Hall–Kier alpha value is -0.630. The molecule has 0 aromatic rings.